The lowest BCUT2D eigenvalue weighted by molar-refractivity contribution is -0.133. The third-order valence-electron chi connectivity index (χ3n) is 7.49. The highest BCUT2D eigenvalue weighted by molar-refractivity contribution is 5.82. The molecule has 30 heavy (non-hydrogen) atoms. The lowest BCUT2D eigenvalue weighted by Gasteiger charge is -2.34. The Morgan fingerprint density at radius 1 is 1.17 bits per heavy atom. The summed E-state index contributed by atoms with van der Waals surface area (Å²) < 4.78 is 1.54. The topological polar surface area (TPSA) is 73.7 Å². The first-order valence-corrected chi connectivity index (χ1v) is 11.6. The zero-order valence-electron chi connectivity index (χ0n) is 18.3. The summed E-state index contributed by atoms with van der Waals surface area (Å²) in [5.41, 5.74) is 2.47. The molecule has 1 saturated carbocycles. The zero-order chi connectivity index (χ0) is 21.0. The van der Waals surface area contributed by atoms with Gasteiger partial charge in [-0.1, -0.05) is 6.92 Å². The van der Waals surface area contributed by atoms with E-state index in [1.165, 1.54) is 0 Å². The second-order valence-corrected chi connectivity index (χ2v) is 9.84. The first kappa shape index (κ1) is 19.8. The van der Waals surface area contributed by atoms with Crippen LogP contribution in [0.3, 0.4) is 0 Å². The summed E-state index contributed by atoms with van der Waals surface area (Å²) in [6, 6.07) is 4.28. The van der Waals surface area contributed by atoms with Crippen molar-refractivity contribution in [2.45, 2.75) is 70.9 Å². The number of nitrogens with zero attached hydrogens (tertiary/aromatic N) is 4. The van der Waals surface area contributed by atoms with Gasteiger partial charge in [0.05, 0.1) is 17.4 Å². The number of hydrogen-bond acceptors (Lipinski definition) is 4. The van der Waals surface area contributed by atoms with Gasteiger partial charge in [-0.3, -0.25) is 14.7 Å². The number of carbonyl (C=O) groups excluding carboxylic acids is 1. The summed E-state index contributed by atoms with van der Waals surface area (Å²) in [6.45, 7) is 9.54. The Bertz CT molecular complexity index is 1000. The van der Waals surface area contributed by atoms with Gasteiger partial charge < -0.3 is 9.80 Å². The number of H-pyrrole nitrogens is 1. The number of likely N-dealkylation sites (tertiary alicyclic amines) is 2. The van der Waals surface area contributed by atoms with Crippen LogP contribution in [0.2, 0.25) is 0 Å². The fourth-order valence-electron chi connectivity index (χ4n) is 5.35. The Morgan fingerprint density at radius 3 is 2.57 bits per heavy atom. The minimum Gasteiger partial charge on any atom is -0.334 e. The molecule has 1 N–H and O–H groups in total. The Balaban J connectivity index is 1.39. The summed E-state index contributed by atoms with van der Waals surface area (Å²) in [4.78, 5) is 35.0. The summed E-state index contributed by atoms with van der Waals surface area (Å²) in [6.07, 6.45) is 5.05. The van der Waals surface area contributed by atoms with Crippen LogP contribution in [0.5, 0.6) is 0 Å². The molecule has 0 aromatic carbocycles. The van der Waals surface area contributed by atoms with E-state index >= 15 is 0 Å². The molecular weight excluding hydrogens is 378 g/mol. The van der Waals surface area contributed by atoms with Gasteiger partial charge in [-0.15, -0.1) is 0 Å². The molecular formula is C23H33N5O2. The lowest BCUT2D eigenvalue weighted by atomic mass is 9.92. The Kier molecular flexibility index (Phi) is 4.96. The third-order valence-corrected chi connectivity index (χ3v) is 7.49. The molecule has 2 aromatic rings. The highest BCUT2D eigenvalue weighted by Gasteiger charge is 2.44. The van der Waals surface area contributed by atoms with Crippen LogP contribution in [0.4, 0.5) is 0 Å². The fraction of sp³-hybridized carbons (Fsp3) is 0.696. The van der Waals surface area contributed by atoms with Crippen LogP contribution in [0, 0.1) is 11.8 Å². The van der Waals surface area contributed by atoms with Crippen molar-refractivity contribution < 1.29 is 4.79 Å². The number of aromatic amines is 1. The molecule has 2 saturated heterocycles. The van der Waals surface area contributed by atoms with Crippen LogP contribution in [-0.2, 0) is 4.79 Å². The molecule has 0 bridgehead atoms. The zero-order valence-corrected chi connectivity index (χ0v) is 18.3. The van der Waals surface area contributed by atoms with Crippen molar-refractivity contribution in [3.8, 4) is 0 Å². The van der Waals surface area contributed by atoms with Crippen molar-refractivity contribution >= 4 is 11.6 Å². The Hall–Kier alpha value is -2.15. The monoisotopic (exact) mass is 411 g/mol. The second kappa shape index (κ2) is 7.52. The second-order valence-electron chi connectivity index (χ2n) is 9.84. The molecule has 4 heterocycles. The van der Waals surface area contributed by atoms with Crippen molar-refractivity contribution in [3.63, 3.8) is 0 Å². The maximum absolute atomic E-state index is 12.8. The molecule has 3 fully saturated rings. The standard InChI is InChI=1S/C23H33N5O2/c1-14(2)26-9-6-16(7-10-26)18-13-22(29)28-21(24-18)12-19(25-28)20-5-4-8-27(20)23(30)17-11-15(17)3/h12-17,20,25H,4-11H2,1-3H3/t15-,17+,20+/m0/s1. The van der Waals surface area contributed by atoms with E-state index in [0.29, 0.717) is 23.5 Å². The van der Waals surface area contributed by atoms with Crippen molar-refractivity contribution in [1.29, 1.82) is 0 Å². The number of rotatable bonds is 4. The van der Waals surface area contributed by atoms with Crippen LogP contribution in [0.1, 0.15) is 76.2 Å². The van der Waals surface area contributed by atoms with Crippen LogP contribution >= 0.6 is 0 Å². The largest absolute Gasteiger partial charge is 0.334 e. The SMILES string of the molecule is CC(C)N1CCC(c2cc(=O)n3[nH]c([C@H]4CCCN4C(=O)[C@@H]4C[C@@H]4C)cc3n2)CC1. The molecule has 3 atom stereocenters. The van der Waals surface area contributed by atoms with Gasteiger partial charge >= 0.3 is 0 Å². The summed E-state index contributed by atoms with van der Waals surface area (Å²) in [5, 5.41) is 3.25. The van der Waals surface area contributed by atoms with E-state index in [2.05, 4.69) is 30.8 Å². The molecule has 2 aliphatic heterocycles. The predicted molar refractivity (Wildman–Crippen MR) is 115 cm³/mol. The van der Waals surface area contributed by atoms with Crippen molar-refractivity contribution in [2.75, 3.05) is 19.6 Å². The molecule has 3 aliphatic rings. The molecule has 0 spiro atoms. The highest BCUT2D eigenvalue weighted by Crippen LogP contribution is 2.43. The van der Waals surface area contributed by atoms with E-state index in [1.54, 1.807) is 10.6 Å². The average Bonchev–Trinajstić information content (AvgIpc) is 3.12. The molecule has 0 unspecified atom stereocenters. The van der Waals surface area contributed by atoms with Gasteiger partial charge in [0.25, 0.3) is 5.56 Å². The quantitative estimate of drug-likeness (QED) is 0.840. The van der Waals surface area contributed by atoms with E-state index < -0.39 is 0 Å². The molecule has 5 rings (SSSR count). The van der Waals surface area contributed by atoms with Crippen molar-refractivity contribution in [1.82, 2.24) is 24.4 Å². The minimum atomic E-state index is -0.0563. The molecule has 1 aliphatic carbocycles. The first-order chi connectivity index (χ1) is 14.4. The summed E-state index contributed by atoms with van der Waals surface area (Å²) in [7, 11) is 0. The first-order valence-electron chi connectivity index (χ1n) is 11.6. The summed E-state index contributed by atoms with van der Waals surface area (Å²) in [5.74, 6) is 1.33. The van der Waals surface area contributed by atoms with E-state index in [1.807, 2.05) is 11.0 Å². The average molecular weight is 412 g/mol. The molecule has 162 valence electrons. The lowest BCUT2D eigenvalue weighted by Crippen LogP contribution is -2.38. The number of fused-ring (bicyclic) bond motifs is 1. The molecule has 7 nitrogen and oxygen atoms in total. The highest BCUT2D eigenvalue weighted by atomic mass is 16.2. The fourth-order valence-corrected chi connectivity index (χ4v) is 5.35. The van der Waals surface area contributed by atoms with E-state index in [0.717, 1.165) is 63.1 Å². The minimum absolute atomic E-state index is 0.0316. The van der Waals surface area contributed by atoms with Gasteiger partial charge in [0.15, 0.2) is 5.65 Å². The molecule has 7 heteroatoms. The number of aromatic nitrogens is 3. The van der Waals surface area contributed by atoms with Gasteiger partial charge in [-0.05, 0) is 65.0 Å². The van der Waals surface area contributed by atoms with E-state index in [-0.39, 0.29) is 23.4 Å². The van der Waals surface area contributed by atoms with Gasteiger partial charge in [-0.25, -0.2) is 9.50 Å². The number of nitrogens with one attached hydrogen (secondary N) is 1. The maximum Gasteiger partial charge on any atom is 0.272 e. The van der Waals surface area contributed by atoms with Gasteiger partial charge in [0.2, 0.25) is 5.91 Å². The normalized spacial score (nSPS) is 28.0. The van der Waals surface area contributed by atoms with Crippen LogP contribution in [0.15, 0.2) is 16.9 Å². The van der Waals surface area contributed by atoms with E-state index in [4.69, 9.17) is 4.98 Å². The number of piperidine rings is 1. The van der Waals surface area contributed by atoms with Gasteiger partial charge in [-0.2, -0.15) is 0 Å². The Morgan fingerprint density at radius 2 is 1.90 bits per heavy atom. The molecule has 0 radical (unpaired) electrons. The maximum atomic E-state index is 12.8. The van der Waals surface area contributed by atoms with Gasteiger partial charge in [0, 0.05) is 36.6 Å². The van der Waals surface area contributed by atoms with Crippen LogP contribution in [-0.4, -0.2) is 56.0 Å². The smallest absolute Gasteiger partial charge is 0.272 e. The summed E-state index contributed by atoms with van der Waals surface area (Å²) >= 11 is 0. The van der Waals surface area contributed by atoms with Gasteiger partial charge in [0.1, 0.15) is 0 Å². The number of carbonyl (C=O) groups is 1. The Labute approximate surface area is 177 Å². The van der Waals surface area contributed by atoms with Crippen molar-refractivity contribution in [3.05, 3.63) is 33.9 Å². The number of amides is 1. The van der Waals surface area contributed by atoms with Crippen LogP contribution < -0.4 is 5.56 Å². The van der Waals surface area contributed by atoms with Crippen molar-refractivity contribution in [2.24, 2.45) is 11.8 Å². The van der Waals surface area contributed by atoms with E-state index in [9.17, 15) is 9.59 Å². The predicted octanol–water partition coefficient (Wildman–Crippen LogP) is 2.93. The third kappa shape index (κ3) is 3.47. The number of hydrogen-bond donors (Lipinski definition) is 1. The van der Waals surface area contributed by atoms with Crippen LogP contribution in [0.25, 0.3) is 5.65 Å². The molecule has 2 aromatic heterocycles. The molecule has 1 amide bonds.